The molecular weight excluding hydrogens is 344 g/mol. The van der Waals surface area contributed by atoms with Crippen molar-refractivity contribution in [2.24, 2.45) is 5.92 Å². The van der Waals surface area contributed by atoms with E-state index in [2.05, 4.69) is 19.6 Å². The number of hydrogen-bond donors (Lipinski definition) is 1. The first-order chi connectivity index (χ1) is 12.7. The topological polar surface area (TPSA) is 27.7 Å². The summed E-state index contributed by atoms with van der Waals surface area (Å²) >= 11 is 4.31. The molecule has 0 saturated carbocycles. The lowest BCUT2D eigenvalue weighted by atomic mass is 9.91. The number of unbranched alkanes of at least 4 members (excludes halogenated alkanes) is 8. The SMILES string of the molecule is CCCCCCCCC(CCCCCCS)C(OCC)(OCC)OCC. The van der Waals surface area contributed by atoms with Crippen LogP contribution in [0, 0.1) is 5.92 Å². The number of hydrogen-bond acceptors (Lipinski definition) is 4. The third-order valence-corrected chi connectivity index (χ3v) is 5.22. The van der Waals surface area contributed by atoms with E-state index in [1.54, 1.807) is 0 Å². The van der Waals surface area contributed by atoms with E-state index in [0.29, 0.717) is 25.7 Å². The second-order valence-electron chi connectivity index (χ2n) is 7.08. The molecule has 0 aliphatic heterocycles. The summed E-state index contributed by atoms with van der Waals surface area (Å²) in [6.45, 7) is 10.2. The molecule has 0 fully saturated rings. The lowest BCUT2D eigenvalue weighted by Crippen LogP contribution is -2.46. The summed E-state index contributed by atoms with van der Waals surface area (Å²) in [6.07, 6.45) is 15.1. The monoisotopic (exact) mass is 390 g/mol. The van der Waals surface area contributed by atoms with E-state index >= 15 is 0 Å². The highest BCUT2D eigenvalue weighted by Gasteiger charge is 2.41. The Bertz CT molecular complexity index is 270. The number of rotatable bonds is 20. The number of thiol groups is 1. The fourth-order valence-corrected chi connectivity index (χ4v) is 3.83. The molecule has 0 aliphatic carbocycles. The van der Waals surface area contributed by atoms with Crippen LogP contribution >= 0.6 is 12.6 Å². The summed E-state index contributed by atoms with van der Waals surface area (Å²) in [5.41, 5.74) is 0. The standard InChI is InChI=1S/C22H46O3S/c1-5-9-10-11-12-15-18-21(19-16-13-14-17-20-26)22(23-6-2,24-7-3)25-8-4/h21,26H,5-20H2,1-4H3. The summed E-state index contributed by atoms with van der Waals surface area (Å²) in [6, 6.07) is 0. The second-order valence-corrected chi connectivity index (χ2v) is 7.53. The van der Waals surface area contributed by atoms with E-state index in [1.165, 1.54) is 64.2 Å². The molecule has 0 heterocycles. The third-order valence-electron chi connectivity index (χ3n) is 4.90. The fraction of sp³-hybridized carbons (Fsp3) is 1.00. The summed E-state index contributed by atoms with van der Waals surface area (Å²) in [4.78, 5) is 0. The van der Waals surface area contributed by atoms with Crippen LogP contribution in [0.1, 0.15) is 105 Å². The molecule has 4 heteroatoms. The Balaban J connectivity index is 4.74. The maximum Gasteiger partial charge on any atom is 0.285 e. The van der Waals surface area contributed by atoms with Crippen LogP contribution in [0.25, 0.3) is 0 Å². The molecule has 0 amide bonds. The molecule has 0 bridgehead atoms. The zero-order valence-electron chi connectivity index (χ0n) is 18.1. The Kier molecular flexibility index (Phi) is 18.8. The Morgan fingerprint density at radius 3 is 1.46 bits per heavy atom. The van der Waals surface area contributed by atoms with Crippen molar-refractivity contribution in [3.8, 4) is 0 Å². The average Bonchev–Trinajstić information content (AvgIpc) is 2.63. The maximum absolute atomic E-state index is 6.09. The van der Waals surface area contributed by atoms with Gasteiger partial charge in [0.05, 0.1) is 0 Å². The van der Waals surface area contributed by atoms with Gasteiger partial charge in [0.15, 0.2) is 0 Å². The minimum Gasteiger partial charge on any atom is -0.328 e. The van der Waals surface area contributed by atoms with Crippen molar-refractivity contribution in [3.05, 3.63) is 0 Å². The molecule has 0 aromatic carbocycles. The molecule has 26 heavy (non-hydrogen) atoms. The van der Waals surface area contributed by atoms with Gasteiger partial charge < -0.3 is 14.2 Å². The minimum absolute atomic E-state index is 0.310. The van der Waals surface area contributed by atoms with Crippen LogP contribution in [-0.2, 0) is 14.2 Å². The van der Waals surface area contributed by atoms with Gasteiger partial charge in [-0.25, -0.2) is 0 Å². The van der Waals surface area contributed by atoms with Crippen molar-refractivity contribution >= 4 is 12.6 Å². The summed E-state index contributed by atoms with van der Waals surface area (Å²) in [5, 5.41) is 0. The van der Waals surface area contributed by atoms with Gasteiger partial charge in [0.1, 0.15) is 0 Å². The van der Waals surface area contributed by atoms with Crippen molar-refractivity contribution in [1.82, 2.24) is 0 Å². The van der Waals surface area contributed by atoms with E-state index in [9.17, 15) is 0 Å². The first kappa shape index (κ1) is 26.2. The highest BCUT2D eigenvalue weighted by Crippen LogP contribution is 2.34. The number of ether oxygens (including phenoxy) is 3. The molecule has 0 aromatic rings. The Hall–Kier alpha value is 0.230. The predicted molar refractivity (Wildman–Crippen MR) is 116 cm³/mol. The summed E-state index contributed by atoms with van der Waals surface area (Å²) in [7, 11) is 0. The molecule has 0 saturated heterocycles. The summed E-state index contributed by atoms with van der Waals surface area (Å²) in [5.74, 6) is 0.442. The quantitative estimate of drug-likeness (QED) is 0.138. The lowest BCUT2D eigenvalue weighted by Gasteiger charge is -2.39. The van der Waals surface area contributed by atoms with Gasteiger partial charge in [0, 0.05) is 25.7 Å². The zero-order valence-corrected chi connectivity index (χ0v) is 19.0. The molecule has 0 N–H and O–H groups in total. The van der Waals surface area contributed by atoms with Gasteiger partial charge in [0.2, 0.25) is 0 Å². The highest BCUT2D eigenvalue weighted by atomic mass is 32.1. The van der Waals surface area contributed by atoms with Crippen LogP contribution in [0.2, 0.25) is 0 Å². The average molecular weight is 391 g/mol. The largest absolute Gasteiger partial charge is 0.328 e. The fourth-order valence-electron chi connectivity index (χ4n) is 3.61. The smallest absolute Gasteiger partial charge is 0.285 e. The van der Waals surface area contributed by atoms with Crippen LogP contribution in [0.15, 0.2) is 0 Å². The zero-order chi connectivity index (χ0) is 19.5. The Labute approximate surface area is 169 Å². The third kappa shape index (κ3) is 11.8. The molecule has 158 valence electrons. The first-order valence-electron chi connectivity index (χ1n) is 11.2. The van der Waals surface area contributed by atoms with Crippen LogP contribution in [0.3, 0.4) is 0 Å². The van der Waals surface area contributed by atoms with Crippen LogP contribution in [0.5, 0.6) is 0 Å². The van der Waals surface area contributed by atoms with Gasteiger partial charge in [-0.15, -0.1) is 0 Å². The van der Waals surface area contributed by atoms with Crippen LogP contribution in [-0.4, -0.2) is 31.5 Å². The molecule has 0 rings (SSSR count). The van der Waals surface area contributed by atoms with E-state index < -0.39 is 5.97 Å². The van der Waals surface area contributed by atoms with Crippen molar-refractivity contribution in [2.75, 3.05) is 25.6 Å². The van der Waals surface area contributed by atoms with E-state index in [0.717, 1.165) is 18.6 Å². The van der Waals surface area contributed by atoms with Crippen LogP contribution < -0.4 is 0 Å². The molecule has 0 radical (unpaired) electrons. The lowest BCUT2D eigenvalue weighted by molar-refractivity contribution is -0.403. The van der Waals surface area contributed by atoms with Crippen molar-refractivity contribution in [3.63, 3.8) is 0 Å². The predicted octanol–water partition coefficient (Wildman–Crippen LogP) is 7.00. The first-order valence-corrected chi connectivity index (χ1v) is 11.9. The Morgan fingerprint density at radius 2 is 1.04 bits per heavy atom. The normalized spacial score (nSPS) is 13.3. The van der Waals surface area contributed by atoms with Crippen LogP contribution in [0.4, 0.5) is 0 Å². The Morgan fingerprint density at radius 1 is 0.615 bits per heavy atom. The van der Waals surface area contributed by atoms with Gasteiger partial charge in [-0.1, -0.05) is 64.7 Å². The molecule has 0 aliphatic rings. The second kappa shape index (κ2) is 18.6. The molecule has 0 spiro atoms. The van der Waals surface area contributed by atoms with Crippen molar-refractivity contribution < 1.29 is 14.2 Å². The molecule has 0 aromatic heterocycles. The van der Waals surface area contributed by atoms with Gasteiger partial charge in [-0.2, -0.15) is 12.6 Å². The summed E-state index contributed by atoms with van der Waals surface area (Å²) < 4.78 is 18.3. The minimum atomic E-state index is -0.856. The van der Waals surface area contributed by atoms with Crippen molar-refractivity contribution in [2.45, 2.75) is 111 Å². The van der Waals surface area contributed by atoms with E-state index in [-0.39, 0.29) is 0 Å². The highest BCUT2D eigenvalue weighted by molar-refractivity contribution is 7.80. The molecule has 1 atom stereocenters. The molecule has 1 unspecified atom stereocenters. The van der Waals surface area contributed by atoms with Gasteiger partial charge in [-0.05, 0) is 45.8 Å². The van der Waals surface area contributed by atoms with Crippen molar-refractivity contribution in [1.29, 1.82) is 0 Å². The van der Waals surface area contributed by atoms with E-state index in [1.807, 2.05) is 20.8 Å². The van der Waals surface area contributed by atoms with Gasteiger partial charge in [-0.3, -0.25) is 0 Å². The van der Waals surface area contributed by atoms with Gasteiger partial charge in [0.25, 0.3) is 5.97 Å². The van der Waals surface area contributed by atoms with Gasteiger partial charge >= 0.3 is 0 Å². The molecule has 3 nitrogen and oxygen atoms in total. The van der Waals surface area contributed by atoms with E-state index in [4.69, 9.17) is 14.2 Å². The maximum atomic E-state index is 6.09. The molecular formula is C22H46O3S.